The molecule has 3 rings (SSSR count). The molecule has 1 aliphatic rings. The second-order valence-corrected chi connectivity index (χ2v) is 10.0. The fraction of sp³-hybridized carbons (Fsp3) is 0.536. The minimum atomic E-state index is 0. The largest absolute Gasteiger partial charge is 1.00 e. The van der Waals surface area contributed by atoms with Crippen LogP contribution in [0.1, 0.15) is 108 Å². The topological polar surface area (TPSA) is 6.25 Å². The smallest absolute Gasteiger partial charge is 0.244 e. The summed E-state index contributed by atoms with van der Waals surface area (Å²) in [6.45, 7) is 20.7. The van der Waals surface area contributed by atoms with Crippen molar-refractivity contribution in [3.8, 4) is 0 Å². The fourth-order valence-corrected chi connectivity index (χ4v) is 4.72. The molecule has 31 heavy (non-hydrogen) atoms. The molecule has 2 nitrogen and oxygen atoms in total. The highest BCUT2D eigenvalue weighted by atomic mass is 79.9. The zero-order valence-electron chi connectivity index (χ0n) is 20.7. The van der Waals surface area contributed by atoms with Crippen LogP contribution in [-0.4, -0.2) is 24.0 Å². The third-order valence-corrected chi connectivity index (χ3v) is 6.34. The summed E-state index contributed by atoms with van der Waals surface area (Å²) in [7, 11) is 0. The quantitative estimate of drug-likeness (QED) is 0.535. The van der Waals surface area contributed by atoms with Crippen LogP contribution in [0.3, 0.4) is 0 Å². The predicted molar refractivity (Wildman–Crippen MR) is 132 cm³/mol. The Morgan fingerprint density at radius 2 is 1.10 bits per heavy atom. The van der Waals surface area contributed by atoms with Crippen molar-refractivity contribution in [2.45, 2.75) is 85.5 Å². The summed E-state index contributed by atoms with van der Waals surface area (Å²) in [5, 5.41) is 0. The van der Waals surface area contributed by atoms with Crippen molar-refractivity contribution in [3.63, 3.8) is 0 Å². The second kappa shape index (κ2) is 10.8. The molecule has 0 fully saturated rings. The van der Waals surface area contributed by atoms with Crippen LogP contribution in [0.2, 0.25) is 0 Å². The first-order valence-corrected chi connectivity index (χ1v) is 11.9. The number of hydrogen-bond donors (Lipinski definition) is 0. The van der Waals surface area contributed by atoms with Crippen molar-refractivity contribution < 1.29 is 21.6 Å². The molecule has 0 amide bonds. The predicted octanol–water partition coefficient (Wildman–Crippen LogP) is 4.77. The molecule has 0 radical (unpaired) electrons. The average molecular weight is 486 g/mol. The lowest BCUT2D eigenvalue weighted by Crippen LogP contribution is -3.00. The number of benzene rings is 2. The van der Waals surface area contributed by atoms with Crippen LogP contribution in [0.5, 0.6) is 0 Å². The Labute approximate surface area is 201 Å². The van der Waals surface area contributed by atoms with Gasteiger partial charge in [-0.05, 0) is 23.7 Å². The minimum absolute atomic E-state index is 0. The van der Waals surface area contributed by atoms with Crippen molar-refractivity contribution in [2.75, 3.05) is 18.0 Å². The second-order valence-electron chi connectivity index (χ2n) is 10.0. The summed E-state index contributed by atoms with van der Waals surface area (Å²) in [5.74, 6) is 2.04. The third-order valence-electron chi connectivity index (χ3n) is 6.34. The molecule has 0 atom stereocenters. The van der Waals surface area contributed by atoms with E-state index in [1.807, 2.05) is 0 Å². The maximum atomic E-state index is 2.54. The van der Waals surface area contributed by atoms with Gasteiger partial charge in [-0.25, -0.2) is 9.48 Å². The van der Waals surface area contributed by atoms with Crippen LogP contribution in [-0.2, 0) is 0 Å². The molecule has 0 spiro atoms. The van der Waals surface area contributed by atoms with Gasteiger partial charge in [-0.1, -0.05) is 91.8 Å². The van der Waals surface area contributed by atoms with E-state index in [0.717, 1.165) is 13.1 Å². The van der Waals surface area contributed by atoms with Gasteiger partial charge in [0, 0.05) is 28.7 Å². The van der Waals surface area contributed by atoms with Crippen molar-refractivity contribution in [3.05, 3.63) is 58.7 Å². The highest BCUT2D eigenvalue weighted by Crippen LogP contribution is 2.38. The van der Waals surface area contributed by atoms with Gasteiger partial charge in [0.15, 0.2) is 0 Å². The molecule has 2 aromatic carbocycles. The standard InChI is InChI=1S/C28H41N2.BrH/c1-19(2)23-12-9-13-24(20(3)4)27(23)29-16-11-17-30(18-29)28-25(21(5)6)14-10-15-26(28)22(7)8;/h9-10,12-15,18-22H,11,16-17H2,1-8H3;1H/q+1;/p-1. The first-order valence-electron chi connectivity index (χ1n) is 11.9. The van der Waals surface area contributed by atoms with Gasteiger partial charge in [-0.3, -0.25) is 0 Å². The molecule has 1 heterocycles. The number of nitrogens with zero attached hydrogens (tertiary/aromatic N) is 2. The highest BCUT2D eigenvalue weighted by Gasteiger charge is 2.29. The van der Waals surface area contributed by atoms with Gasteiger partial charge in [-0.2, -0.15) is 0 Å². The van der Waals surface area contributed by atoms with Crippen LogP contribution in [0.25, 0.3) is 0 Å². The molecule has 0 saturated heterocycles. The Morgan fingerprint density at radius 3 is 1.52 bits per heavy atom. The number of anilines is 1. The van der Waals surface area contributed by atoms with Crippen molar-refractivity contribution in [1.82, 2.24) is 0 Å². The fourth-order valence-electron chi connectivity index (χ4n) is 4.72. The maximum absolute atomic E-state index is 2.54. The van der Waals surface area contributed by atoms with Gasteiger partial charge in [0.05, 0.1) is 13.1 Å². The maximum Gasteiger partial charge on any atom is 0.244 e. The molecule has 0 bridgehead atoms. The molecular formula is C28H41BrN2. The van der Waals surface area contributed by atoms with E-state index in [4.69, 9.17) is 0 Å². The lowest BCUT2D eigenvalue weighted by Gasteiger charge is -2.28. The normalized spacial score (nSPS) is 14.5. The van der Waals surface area contributed by atoms with Crippen LogP contribution in [0.15, 0.2) is 36.4 Å². The van der Waals surface area contributed by atoms with Crippen LogP contribution < -0.4 is 21.9 Å². The van der Waals surface area contributed by atoms with Crippen LogP contribution >= 0.6 is 0 Å². The van der Waals surface area contributed by atoms with Crippen molar-refractivity contribution in [2.24, 2.45) is 0 Å². The summed E-state index contributed by atoms with van der Waals surface area (Å²) in [6.07, 6.45) is 3.58. The molecular weight excluding hydrogens is 444 g/mol. The van der Waals surface area contributed by atoms with E-state index in [0.29, 0.717) is 23.7 Å². The molecule has 170 valence electrons. The zero-order valence-corrected chi connectivity index (χ0v) is 22.3. The summed E-state index contributed by atoms with van der Waals surface area (Å²) < 4.78 is 2.54. The summed E-state index contributed by atoms with van der Waals surface area (Å²) >= 11 is 0. The summed E-state index contributed by atoms with van der Waals surface area (Å²) in [6, 6.07) is 13.8. The SMILES string of the molecule is CC(C)c1cccc(C(C)C)c1N1C=[N+](c2c(C(C)C)cccc2C(C)C)CCC1.[Br-]. The van der Waals surface area contributed by atoms with E-state index in [1.165, 1.54) is 40.0 Å². The van der Waals surface area contributed by atoms with Gasteiger partial charge in [0.1, 0.15) is 11.4 Å². The Balaban J connectivity index is 0.00000341. The summed E-state index contributed by atoms with van der Waals surface area (Å²) in [5.41, 5.74) is 8.70. The van der Waals surface area contributed by atoms with E-state index in [9.17, 15) is 0 Å². The summed E-state index contributed by atoms with van der Waals surface area (Å²) in [4.78, 5) is 2.54. The first-order chi connectivity index (χ1) is 14.2. The number of halogens is 1. The van der Waals surface area contributed by atoms with Gasteiger partial charge < -0.3 is 17.0 Å². The number of hydrogen-bond acceptors (Lipinski definition) is 1. The van der Waals surface area contributed by atoms with Gasteiger partial charge in [-0.15, -0.1) is 0 Å². The van der Waals surface area contributed by atoms with Crippen molar-refractivity contribution in [1.29, 1.82) is 0 Å². The number of para-hydroxylation sites is 2. The molecule has 0 N–H and O–H groups in total. The van der Waals surface area contributed by atoms with Crippen LogP contribution in [0, 0.1) is 0 Å². The first kappa shape index (κ1) is 25.6. The molecule has 3 heteroatoms. The van der Waals surface area contributed by atoms with Gasteiger partial charge >= 0.3 is 0 Å². The van der Waals surface area contributed by atoms with E-state index in [2.05, 4.69) is 108 Å². The van der Waals surface area contributed by atoms with Gasteiger partial charge in [0.2, 0.25) is 6.34 Å². The Bertz CT molecular complexity index is 857. The zero-order chi connectivity index (χ0) is 22.0. The Morgan fingerprint density at radius 1 is 0.677 bits per heavy atom. The average Bonchev–Trinajstić information content (AvgIpc) is 2.72. The minimum Gasteiger partial charge on any atom is -1.00 e. The molecule has 1 aliphatic heterocycles. The molecule has 0 aliphatic carbocycles. The molecule has 0 saturated carbocycles. The van der Waals surface area contributed by atoms with E-state index in [-0.39, 0.29) is 17.0 Å². The van der Waals surface area contributed by atoms with Gasteiger partial charge in [0.25, 0.3) is 0 Å². The molecule has 0 unspecified atom stereocenters. The third kappa shape index (κ3) is 5.42. The molecule has 0 aromatic heterocycles. The Kier molecular flexibility index (Phi) is 8.94. The lowest BCUT2D eigenvalue weighted by molar-refractivity contribution is -0.441. The lowest BCUT2D eigenvalue weighted by atomic mass is 9.91. The molecule has 2 aromatic rings. The van der Waals surface area contributed by atoms with Crippen molar-refractivity contribution >= 4 is 17.7 Å². The van der Waals surface area contributed by atoms with E-state index >= 15 is 0 Å². The monoisotopic (exact) mass is 484 g/mol. The van der Waals surface area contributed by atoms with E-state index in [1.54, 1.807) is 0 Å². The Hall–Kier alpha value is -1.61. The van der Waals surface area contributed by atoms with E-state index < -0.39 is 0 Å². The van der Waals surface area contributed by atoms with Crippen LogP contribution in [0.4, 0.5) is 11.4 Å². The number of rotatable bonds is 6. The highest BCUT2D eigenvalue weighted by molar-refractivity contribution is 5.82.